The number of carbonyl (C=O) groups is 5. The Bertz CT molecular complexity index is 1050. The number of rotatable bonds is 13. The van der Waals surface area contributed by atoms with Crippen LogP contribution in [0.15, 0.2) is 28.8 Å². The number of nitrogens with two attached hydrogens (primary N) is 1. The molecule has 0 saturated heterocycles. The number of nitrogens with zero attached hydrogens (tertiary/aromatic N) is 1. The van der Waals surface area contributed by atoms with Gasteiger partial charge in [-0.3, -0.25) is 9.59 Å². The first-order chi connectivity index (χ1) is 18.7. The van der Waals surface area contributed by atoms with Crippen LogP contribution in [0.25, 0.3) is 0 Å². The number of urea groups is 1. The zero-order valence-electron chi connectivity index (χ0n) is 23.2. The van der Waals surface area contributed by atoms with Gasteiger partial charge >= 0.3 is 18.3 Å². The molecule has 222 valence electrons. The number of carbonyl (C=O) groups excluding carboxylic acids is 5. The highest BCUT2D eigenvalue weighted by atomic mass is 31.1. The van der Waals surface area contributed by atoms with Gasteiger partial charge in [0.2, 0.25) is 11.8 Å². The first-order valence-corrected chi connectivity index (χ1v) is 13.7. The monoisotopic (exact) mass is 600 g/mol. The van der Waals surface area contributed by atoms with Crippen LogP contribution in [-0.4, -0.2) is 54.3 Å². The summed E-state index contributed by atoms with van der Waals surface area (Å²) in [6.45, 7) is 8.75. The lowest BCUT2D eigenvalue weighted by Gasteiger charge is -2.27. The number of hydrogen-bond acceptors (Lipinski definition) is 9. The van der Waals surface area contributed by atoms with Crippen molar-refractivity contribution in [2.24, 2.45) is 16.2 Å². The molecule has 0 aliphatic rings. The zero-order valence-corrected chi connectivity index (χ0v) is 25.2. The smallest absolute Gasteiger partial charge is 0.444 e. The molecule has 14 nitrogen and oxygen atoms in total. The molecule has 16 heteroatoms. The van der Waals surface area contributed by atoms with Crippen LogP contribution in [0.1, 0.15) is 53.0 Å². The molecule has 0 spiro atoms. The SMILES string of the molecule is CC(C)[C@H](NC(=O)OC(C)(C)C)C(=O)N[C@@H](CCCNC(N)=O)C(=O)Nc1ccc(COC(=O)O/P=N/P)cc1. The van der Waals surface area contributed by atoms with E-state index >= 15 is 0 Å². The van der Waals surface area contributed by atoms with Gasteiger partial charge in [0.15, 0.2) is 0 Å². The second-order valence-electron chi connectivity index (χ2n) is 9.88. The van der Waals surface area contributed by atoms with Gasteiger partial charge in [0.05, 0.1) is 0 Å². The quantitative estimate of drug-likeness (QED) is 0.128. The van der Waals surface area contributed by atoms with E-state index in [1.54, 1.807) is 58.9 Å². The lowest BCUT2D eigenvalue weighted by Crippen LogP contribution is -2.55. The number of anilines is 1. The van der Waals surface area contributed by atoms with Crippen LogP contribution in [0.5, 0.6) is 0 Å². The van der Waals surface area contributed by atoms with Crippen molar-refractivity contribution in [2.75, 3.05) is 11.9 Å². The molecule has 0 heterocycles. The molecule has 1 aromatic carbocycles. The first-order valence-electron chi connectivity index (χ1n) is 12.4. The number of hydrogen-bond donors (Lipinski definition) is 5. The Kier molecular flexibility index (Phi) is 14.9. The highest BCUT2D eigenvalue weighted by molar-refractivity contribution is 7.31. The standard InChI is InChI=1S/C24H38N6O8P2/c1-14(2)18(29-22(34)37-24(3,4)5)20(32)28-17(7-6-12-26-21(25)33)19(31)27-16-10-8-15(9-11-16)13-36-23(35)38-40-30-39/h8-11,14,17-18H,6-7,12-13,39H2,1-5H3,(H,27,31)(H,28,32)(H,29,34)(H3,25,26,33)/t17-,18-/m0/s1. The largest absolute Gasteiger partial charge is 0.518 e. The van der Waals surface area contributed by atoms with Crippen LogP contribution in [0.3, 0.4) is 0 Å². The summed E-state index contributed by atoms with van der Waals surface area (Å²) in [7, 11) is 2.15. The van der Waals surface area contributed by atoms with Gasteiger partial charge in [0.1, 0.15) is 24.3 Å². The minimum Gasteiger partial charge on any atom is -0.444 e. The predicted octanol–water partition coefficient (Wildman–Crippen LogP) is 3.60. The third kappa shape index (κ3) is 14.6. The van der Waals surface area contributed by atoms with Crippen molar-refractivity contribution in [3.05, 3.63) is 29.8 Å². The number of amides is 5. The van der Waals surface area contributed by atoms with E-state index in [9.17, 15) is 24.0 Å². The molecule has 0 radical (unpaired) electrons. The summed E-state index contributed by atoms with van der Waals surface area (Å²) in [5.41, 5.74) is 5.41. The fourth-order valence-corrected chi connectivity index (χ4v) is 3.46. The van der Waals surface area contributed by atoms with E-state index in [1.807, 2.05) is 0 Å². The molecule has 0 bridgehead atoms. The van der Waals surface area contributed by atoms with Crippen molar-refractivity contribution in [2.45, 2.75) is 71.8 Å². The molecule has 1 unspecified atom stereocenters. The van der Waals surface area contributed by atoms with Gasteiger partial charge in [-0.1, -0.05) is 26.0 Å². The first kappa shape index (κ1) is 34.5. The van der Waals surface area contributed by atoms with E-state index in [1.165, 1.54) is 0 Å². The number of primary amides is 1. The number of alkyl carbamates (subject to hydrolysis) is 1. The van der Waals surface area contributed by atoms with Crippen molar-refractivity contribution in [1.29, 1.82) is 0 Å². The Balaban J connectivity index is 2.91. The summed E-state index contributed by atoms with van der Waals surface area (Å²) in [5.74, 6) is -1.40. The van der Waals surface area contributed by atoms with Crippen LogP contribution >= 0.6 is 18.0 Å². The third-order valence-corrected chi connectivity index (χ3v) is 5.57. The van der Waals surface area contributed by atoms with Gasteiger partial charge in [0.25, 0.3) is 8.60 Å². The van der Waals surface area contributed by atoms with E-state index in [0.29, 0.717) is 17.7 Å². The molecule has 6 N–H and O–H groups in total. The van der Waals surface area contributed by atoms with Crippen molar-refractivity contribution in [3.8, 4) is 0 Å². The van der Waals surface area contributed by atoms with Gasteiger partial charge in [-0.25, -0.2) is 18.9 Å². The minimum absolute atomic E-state index is 0.0494. The van der Waals surface area contributed by atoms with Crippen molar-refractivity contribution < 1.29 is 38.0 Å². The Hall–Kier alpha value is -3.50. The molecular weight excluding hydrogens is 562 g/mol. The van der Waals surface area contributed by atoms with Crippen LogP contribution in [0, 0.1) is 5.92 Å². The maximum Gasteiger partial charge on any atom is 0.518 e. The average Bonchev–Trinajstić information content (AvgIpc) is 2.85. The molecule has 40 heavy (non-hydrogen) atoms. The van der Waals surface area contributed by atoms with Gasteiger partial charge in [-0.2, -0.15) is 0 Å². The molecule has 1 aromatic rings. The Labute approximate surface area is 237 Å². The summed E-state index contributed by atoms with van der Waals surface area (Å²) in [5, 5.41) is 10.4. The fraction of sp³-hybridized carbons (Fsp3) is 0.542. The van der Waals surface area contributed by atoms with Gasteiger partial charge < -0.3 is 41.0 Å². The maximum absolute atomic E-state index is 13.1. The zero-order chi connectivity index (χ0) is 30.3. The van der Waals surface area contributed by atoms with Crippen LogP contribution in [0.4, 0.5) is 20.1 Å². The van der Waals surface area contributed by atoms with Crippen molar-refractivity contribution >= 4 is 53.8 Å². The molecule has 5 amide bonds. The van der Waals surface area contributed by atoms with E-state index < -0.39 is 47.8 Å². The summed E-state index contributed by atoms with van der Waals surface area (Å²) in [6.07, 6.45) is -1.13. The second kappa shape index (κ2) is 17.2. The van der Waals surface area contributed by atoms with E-state index in [-0.39, 0.29) is 34.1 Å². The molecule has 0 aliphatic heterocycles. The van der Waals surface area contributed by atoms with E-state index in [0.717, 1.165) is 0 Å². The lowest BCUT2D eigenvalue weighted by molar-refractivity contribution is -0.128. The van der Waals surface area contributed by atoms with E-state index in [4.69, 9.17) is 15.2 Å². The highest BCUT2D eigenvalue weighted by Crippen LogP contribution is 2.14. The molecule has 0 saturated carbocycles. The molecule has 0 aromatic heterocycles. The number of nitrogens with one attached hydrogen (secondary N) is 4. The van der Waals surface area contributed by atoms with Gasteiger partial charge in [0, 0.05) is 12.2 Å². The van der Waals surface area contributed by atoms with Crippen molar-refractivity contribution in [3.63, 3.8) is 0 Å². The lowest BCUT2D eigenvalue weighted by atomic mass is 10.0. The van der Waals surface area contributed by atoms with Crippen LogP contribution < -0.4 is 27.0 Å². The maximum atomic E-state index is 13.1. The molecule has 0 aliphatic carbocycles. The Morgan fingerprint density at radius 2 is 1.70 bits per heavy atom. The molecule has 3 atom stereocenters. The number of ether oxygens (including phenoxy) is 2. The van der Waals surface area contributed by atoms with Crippen LogP contribution in [0.2, 0.25) is 0 Å². The second-order valence-corrected chi connectivity index (χ2v) is 11.1. The molecule has 1 rings (SSSR count). The topological polar surface area (TPSA) is 200 Å². The molecule has 0 fully saturated rings. The summed E-state index contributed by atoms with van der Waals surface area (Å²) in [4.78, 5) is 61.0. The minimum atomic E-state index is -0.997. The Morgan fingerprint density at radius 3 is 2.25 bits per heavy atom. The molecular formula is C24H38N6O8P2. The van der Waals surface area contributed by atoms with Gasteiger partial charge in [-0.15, -0.1) is 0 Å². The van der Waals surface area contributed by atoms with Crippen molar-refractivity contribution in [1.82, 2.24) is 16.0 Å². The predicted molar refractivity (Wildman–Crippen MR) is 152 cm³/mol. The number of benzene rings is 1. The summed E-state index contributed by atoms with van der Waals surface area (Å²) >= 11 is 0. The van der Waals surface area contributed by atoms with Gasteiger partial charge in [-0.05, 0) is 66.6 Å². The average molecular weight is 601 g/mol. The van der Waals surface area contributed by atoms with Crippen LogP contribution in [-0.2, 0) is 30.2 Å². The summed E-state index contributed by atoms with van der Waals surface area (Å²) < 4.78 is 18.4. The Morgan fingerprint density at radius 1 is 1.05 bits per heavy atom. The van der Waals surface area contributed by atoms with E-state index in [2.05, 4.69) is 39.7 Å². The fourth-order valence-electron chi connectivity index (χ4n) is 3.16. The third-order valence-electron chi connectivity index (χ3n) is 4.96. The normalized spacial score (nSPS) is 12.7. The summed E-state index contributed by atoms with van der Waals surface area (Å²) in [6, 6.07) is 3.82. The highest BCUT2D eigenvalue weighted by Gasteiger charge is 2.30.